The fourth-order valence-corrected chi connectivity index (χ4v) is 3.00. The zero-order chi connectivity index (χ0) is 17.7. The zero-order valence-electron chi connectivity index (χ0n) is 13.2. The molecule has 0 aliphatic carbocycles. The number of halogens is 1. The Morgan fingerprint density at radius 2 is 1.83 bits per heavy atom. The highest BCUT2D eigenvalue weighted by Crippen LogP contribution is 2.29. The summed E-state index contributed by atoms with van der Waals surface area (Å²) in [5, 5.41) is 11.6. The second-order valence-electron chi connectivity index (χ2n) is 4.93. The van der Waals surface area contributed by atoms with Crippen LogP contribution in [-0.2, 0) is 20.1 Å². The number of carboxylic acids is 1. The lowest BCUT2D eigenvalue weighted by Crippen LogP contribution is -2.24. The van der Waals surface area contributed by atoms with Crippen LogP contribution >= 0.6 is 0 Å². The molecule has 0 N–H and O–H groups in total. The Labute approximate surface area is 142 Å². The molecule has 0 amide bonds. The lowest BCUT2D eigenvalue weighted by atomic mass is 9.93. The second-order valence-corrected chi connectivity index (χ2v) is 6.20. The van der Waals surface area contributed by atoms with Crippen LogP contribution in [0.3, 0.4) is 0 Å². The topological polar surface area (TPSA) is 66.4 Å². The van der Waals surface area contributed by atoms with E-state index in [9.17, 15) is 18.5 Å². The predicted molar refractivity (Wildman–Crippen MR) is 88.4 cm³/mol. The first kappa shape index (κ1) is 18.0. The normalized spacial score (nSPS) is 13.3. The fourth-order valence-electron chi connectivity index (χ4n) is 2.45. The third-order valence-electron chi connectivity index (χ3n) is 3.52. The van der Waals surface area contributed by atoms with Gasteiger partial charge in [0, 0.05) is 5.57 Å². The van der Waals surface area contributed by atoms with Gasteiger partial charge in [-0.25, -0.2) is 8.60 Å². The van der Waals surface area contributed by atoms with Gasteiger partial charge < -0.3 is 9.90 Å². The molecule has 2 rings (SSSR count). The summed E-state index contributed by atoms with van der Waals surface area (Å²) in [5.41, 5.74) is 1.34. The van der Waals surface area contributed by atoms with E-state index >= 15 is 0 Å². The molecule has 0 saturated heterocycles. The van der Waals surface area contributed by atoms with Crippen molar-refractivity contribution in [3.8, 4) is 0 Å². The molecule has 1 unspecified atom stereocenters. The maximum absolute atomic E-state index is 13.5. The average molecular weight is 347 g/mol. The summed E-state index contributed by atoms with van der Waals surface area (Å²) in [5.74, 6) is -1.89. The van der Waals surface area contributed by atoms with Gasteiger partial charge in [-0.1, -0.05) is 31.2 Å². The van der Waals surface area contributed by atoms with Crippen molar-refractivity contribution in [3.63, 3.8) is 0 Å². The molecule has 126 valence electrons. The van der Waals surface area contributed by atoms with E-state index in [1.54, 1.807) is 31.2 Å². The number of aliphatic carboxylic acids is 1. The third kappa shape index (κ3) is 3.96. The minimum absolute atomic E-state index is 0.0578. The van der Waals surface area contributed by atoms with Crippen LogP contribution < -0.4 is 5.11 Å². The summed E-state index contributed by atoms with van der Waals surface area (Å²) in [6.07, 6.45) is 0.409. The molecule has 24 heavy (non-hydrogen) atoms. The lowest BCUT2D eigenvalue weighted by Gasteiger charge is -2.16. The van der Waals surface area contributed by atoms with Crippen LogP contribution in [0.1, 0.15) is 24.5 Å². The summed E-state index contributed by atoms with van der Waals surface area (Å²) in [6, 6.07) is 11.9. The van der Waals surface area contributed by atoms with Gasteiger partial charge in [0.2, 0.25) is 0 Å². The number of allylic oxidation sites excluding steroid dienone is 1. The number of carbonyl (C=O) groups excluding carboxylic acids is 1. The molecule has 4 nitrogen and oxygen atoms in total. The molecule has 0 aliphatic rings. The highest BCUT2D eigenvalue weighted by atomic mass is 32.2. The standard InChI is InChI=1S/C18H17FO4S/c1-3-16(12-7-9-15(10-8-12)24(22)23-2)17(18(20)21)13-5-4-6-14(19)11-13/h4-11H,3H2,1-2H3,(H,20,21)/p-1/b17-16+. The summed E-state index contributed by atoms with van der Waals surface area (Å²) in [4.78, 5) is 12.1. The fraction of sp³-hybridized carbons (Fsp3) is 0.167. The number of carboxylic acid groups (broad SMARTS) is 1. The van der Waals surface area contributed by atoms with E-state index in [1.165, 1.54) is 25.3 Å². The molecule has 6 heteroatoms. The van der Waals surface area contributed by atoms with Crippen LogP contribution in [0.4, 0.5) is 4.39 Å². The molecule has 0 spiro atoms. The molecular formula is C18H16FO4S-. The van der Waals surface area contributed by atoms with E-state index in [0.29, 0.717) is 22.5 Å². The number of hydrogen-bond acceptors (Lipinski definition) is 4. The predicted octanol–water partition coefficient (Wildman–Crippen LogP) is 2.57. The van der Waals surface area contributed by atoms with Gasteiger partial charge in [0.05, 0.1) is 18.0 Å². The average Bonchev–Trinajstić information content (AvgIpc) is 2.58. The van der Waals surface area contributed by atoms with E-state index in [2.05, 4.69) is 0 Å². The van der Waals surface area contributed by atoms with Crippen LogP contribution in [0.25, 0.3) is 11.1 Å². The summed E-state index contributed by atoms with van der Waals surface area (Å²) < 4.78 is 29.8. The highest BCUT2D eigenvalue weighted by Gasteiger charge is 2.13. The number of hydrogen-bond donors (Lipinski definition) is 0. The monoisotopic (exact) mass is 347 g/mol. The molecule has 0 fully saturated rings. The summed E-state index contributed by atoms with van der Waals surface area (Å²) >= 11 is -1.57. The quantitative estimate of drug-likeness (QED) is 0.595. The van der Waals surface area contributed by atoms with Crippen molar-refractivity contribution in [2.45, 2.75) is 18.2 Å². The smallest absolute Gasteiger partial charge is 0.188 e. The zero-order valence-corrected chi connectivity index (χ0v) is 14.1. The van der Waals surface area contributed by atoms with Crippen molar-refractivity contribution in [2.24, 2.45) is 0 Å². The molecule has 0 bridgehead atoms. The van der Waals surface area contributed by atoms with Crippen LogP contribution in [-0.4, -0.2) is 17.3 Å². The van der Waals surface area contributed by atoms with Gasteiger partial charge in [0.1, 0.15) is 5.82 Å². The number of carbonyl (C=O) groups is 1. The van der Waals surface area contributed by atoms with Gasteiger partial charge in [0.15, 0.2) is 11.1 Å². The summed E-state index contributed by atoms with van der Waals surface area (Å²) in [6.45, 7) is 1.80. The molecule has 1 atom stereocenters. The minimum atomic E-state index is -1.57. The Hall–Kier alpha value is -2.31. The van der Waals surface area contributed by atoms with Gasteiger partial charge in [-0.15, -0.1) is 0 Å². The van der Waals surface area contributed by atoms with Gasteiger partial charge >= 0.3 is 0 Å². The van der Waals surface area contributed by atoms with Crippen molar-refractivity contribution in [2.75, 3.05) is 7.11 Å². The molecule has 2 aromatic rings. The van der Waals surface area contributed by atoms with Gasteiger partial charge in [-0.2, -0.15) is 0 Å². The Bertz CT molecular complexity index is 797. The van der Waals surface area contributed by atoms with Crippen LogP contribution in [0.2, 0.25) is 0 Å². The van der Waals surface area contributed by atoms with Crippen molar-refractivity contribution < 1.29 is 22.7 Å². The van der Waals surface area contributed by atoms with E-state index < -0.39 is 22.9 Å². The highest BCUT2D eigenvalue weighted by molar-refractivity contribution is 7.80. The molecule has 0 aromatic heterocycles. The third-order valence-corrected chi connectivity index (χ3v) is 4.48. The maximum Gasteiger partial charge on any atom is 0.188 e. The Balaban J connectivity index is 2.58. The van der Waals surface area contributed by atoms with Crippen LogP contribution in [0, 0.1) is 5.82 Å². The molecule has 0 heterocycles. The SMILES string of the molecule is CC/C(=C(\C(=O)[O-])c1cccc(F)c1)c1ccc(S(=O)OC)cc1. The Morgan fingerprint density at radius 3 is 2.33 bits per heavy atom. The van der Waals surface area contributed by atoms with Crippen molar-refractivity contribution in [3.05, 3.63) is 65.5 Å². The summed E-state index contributed by atoms with van der Waals surface area (Å²) in [7, 11) is 1.33. The first-order chi connectivity index (χ1) is 11.5. The van der Waals surface area contributed by atoms with Crippen LogP contribution in [0.5, 0.6) is 0 Å². The largest absolute Gasteiger partial charge is 0.545 e. The van der Waals surface area contributed by atoms with Crippen LogP contribution in [0.15, 0.2) is 53.4 Å². The lowest BCUT2D eigenvalue weighted by molar-refractivity contribution is -0.295. The molecule has 0 saturated carbocycles. The van der Waals surface area contributed by atoms with E-state index in [-0.39, 0.29) is 11.1 Å². The van der Waals surface area contributed by atoms with E-state index in [1.807, 2.05) is 0 Å². The first-order valence-corrected chi connectivity index (χ1v) is 8.32. The first-order valence-electron chi connectivity index (χ1n) is 7.25. The van der Waals surface area contributed by atoms with E-state index in [4.69, 9.17) is 4.18 Å². The van der Waals surface area contributed by atoms with Crippen molar-refractivity contribution >= 4 is 28.2 Å². The number of rotatable bonds is 6. The van der Waals surface area contributed by atoms with Crippen molar-refractivity contribution in [1.29, 1.82) is 0 Å². The Morgan fingerprint density at radius 1 is 1.17 bits per heavy atom. The number of benzene rings is 2. The molecular weight excluding hydrogens is 331 g/mol. The minimum Gasteiger partial charge on any atom is -0.545 e. The molecule has 0 radical (unpaired) electrons. The van der Waals surface area contributed by atoms with E-state index in [0.717, 1.165) is 6.07 Å². The second kappa shape index (κ2) is 7.99. The van der Waals surface area contributed by atoms with Gasteiger partial charge in [-0.3, -0.25) is 4.18 Å². The Kier molecular flexibility index (Phi) is 6.00. The molecule has 2 aromatic carbocycles. The van der Waals surface area contributed by atoms with Crippen molar-refractivity contribution in [1.82, 2.24) is 0 Å². The van der Waals surface area contributed by atoms with Gasteiger partial charge in [0.25, 0.3) is 0 Å². The maximum atomic E-state index is 13.5. The van der Waals surface area contributed by atoms with Gasteiger partial charge in [-0.05, 0) is 47.4 Å². The molecule has 0 aliphatic heterocycles.